The average molecular weight is 240 g/mol. The maximum atomic E-state index is 5.36. The quantitative estimate of drug-likeness (QED) is 0.810. The van der Waals surface area contributed by atoms with E-state index in [9.17, 15) is 0 Å². The molecule has 1 aliphatic heterocycles. The lowest BCUT2D eigenvalue weighted by atomic mass is 10.2. The fourth-order valence-electron chi connectivity index (χ4n) is 2.09. The monoisotopic (exact) mass is 240 g/mol. The van der Waals surface area contributed by atoms with Crippen LogP contribution in [-0.4, -0.2) is 36.3 Å². The van der Waals surface area contributed by atoms with E-state index < -0.39 is 0 Å². The molecule has 2 heterocycles. The van der Waals surface area contributed by atoms with Crippen LogP contribution in [0.2, 0.25) is 0 Å². The Morgan fingerprint density at radius 3 is 2.82 bits per heavy atom. The molecule has 2 N–H and O–H groups in total. The fourth-order valence-corrected chi connectivity index (χ4v) is 2.09. The highest BCUT2D eigenvalue weighted by molar-refractivity contribution is 5.15. The molecule has 6 heteroatoms. The van der Waals surface area contributed by atoms with Crippen LogP contribution >= 0.6 is 0 Å². The Morgan fingerprint density at radius 1 is 1.41 bits per heavy atom. The summed E-state index contributed by atoms with van der Waals surface area (Å²) in [7, 11) is 3.35. The van der Waals surface area contributed by atoms with Gasteiger partial charge in [0.2, 0.25) is 5.88 Å². The van der Waals surface area contributed by atoms with Gasteiger partial charge in [0.1, 0.15) is 6.23 Å². The number of nitrogens with one attached hydrogen (secondary N) is 2. The number of rotatable bonds is 3. The number of hydrogen-bond donors (Lipinski definition) is 2. The number of aromatic nitrogens is 2. The zero-order valence-corrected chi connectivity index (χ0v) is 10.7. The Bertz CT molecular complexity index is 380. The maximum absolute atomic E-state index is 5.36. The molecule has 6 nitrogen and oxygen atoms in total. The van der Waals surface area contributed by atoms with Crippen LogP contribution in [0, 0.1) is 6.92 Å². The van der Waals surface area contributed by atoms with Gasteiger partial charge in [0.15, 0.2) is 6.29 Å². The van der Waals surface area contributed by atoms with Gasteiger partial charge in [-0.2, -0.15) is 5.10 Å². The standard InChI is InChI=1S/C11H20N4O2/c1-7-5-9(16-3)13-11(12-7)15-10(17-4)6-8(2)14-15/h6-7,9,11-13H,5H2,1-4H3. The van der Waals surface area contributed by atoms with Crippen molar-refractivity contribution in [1.29, 1.82) is 0 Å². The van der Waals surface area contributed by atoms with Gasteiger partial charge in [0.05, 0.1) is 12.8 Å². The number of methoxy groups -OCH3 is 2. The second-order valence-electron chi connectivity index (χ2n) is 4.37. The summed E-state index contributed by atoms with van der Waals surface area (Å²) in [6.45, 7) is 4.07. The van der Waals surface area contributed by atoms with Crippen molar-refractivity contribution in [2.24, 2.45) is 0 Å². The molecule has 0 radical (unpaired) electrons. The molecule has 2 rings (SSSR count). The molecule has 1 fully saturated rings. The smallest absolute Gasteiger partial charge is 0.214 e. The SMILES string of the molecule is COc1cc(C)nn1C1NC(C)CC(OC)N1. The zero-order chi connectivity index (χ0) is 12.4. The van der Waals surface area contributed by atoms with Crippen molar-refractivity contribution in [3.63, 3.8) is 0 Å². The van der Waals surface area contributed by atoms with Gasteiger partial charge >= 0.3 is 0 Å². The van der Waals surface area contributed by atoms with Crippen LogP contribution in [0.4, 0.5) is 0 Å². The summed E-state index contributed by atoms with van der Waals surface area (Å²) in [6, 6.07) is 2.27. The van der Waals surface area contributed by atoms with Crippen LogP contribution < -0.4 is 15.4 Å². The van der Waals surface area contributed by atoms with Gasteiger partial charge < -0.3 is 9.47 Å². The van der Waals surface area contributed by atoms with Crippen molar-refractivity contribution < 1.29 is 9.47 Å². The molecule has 1 aromatic heterocycles. The molecule has 3 unspecified atom stereocenters. The highest BCUT2D eigenvalue weighted by atomic mass is 16.5. The first kappa shape index (κ1) is 12.3. The van der Waals surface area contributed by atoms with Crippen molar-refractivity contribution in [1.82, 2.24) is 20.4 Å². The van der Waals surface area contributed by atoms with E-state index >= 15 is 0 Å². The van der Waals surface area contributed by atoms with Gasteiger partial charge in [-0.3, -0.25) is 10.6 Å². The molecule has 0 aliphatic carbocycles. The van der Waals surface area contributed by atoms with E-state index in [1.165, 1.54) is 0 Å². The third-order valence-corrected chi connectivity index (χ3v) is 2.92. The Kier molecular flexibility index (Phi) is 3.66. The van der Waals surface area contributed by atoms with E-state index in [4.69, 9.17) is 9.47 Å². The van der Waals surface area contributed by atoms with Crippen LogP contribution in [-0.2, 0) is 4.74 Å². The molecular weight excluding hydrogens is 220 g/mol. The van der Waals surface area contributed by atoms with Crippen molar-refractivity contribution in [2.75, 3.05) is 14.2 Å². The molecular formula is C11H20N4O2. The van der Waals surface area contributed by atoms with Crippen molar-refractivity contribution in [3.8, 4) is 5.88 Å². The van der Waals surface area contributed by atoms with Crippen LogP contribution in [0.3, 0.4) is 0 Å². The first-order chi connectivity index (χ1) is 8.13. The minimum atomic E-state index is -0.104. The van der Waals surface area contributed by atoms with Crippen molar-refractivity contribution in [2.45, 2.75) is 38.8 Å². The molecule has 0 spiro atoms. The van der Waals surface area contributed by atoms with Crippen LogP contribution in [0.5, 0.6) is 5.88 Å². The summed E-state index contributed by atoms with van der Waals surface area (Å²) in [5.41, 5.74) is 0.928. The lowest BCUT2D eigenvalue weighted by Gasteiger charge is -2.35. The summed E-state index contributed by atoms with van der Waals surface area (Å²) in [5, 5.41) is 11.2. The molecule has 1 saturated heterocycles. The Balaban J connectivity index is 2.20. The summed E-state index contributed by atoms with van der Waals surface area (Å²) >= 11 is 0. The van der Waals surface area contributed by atoms with Gasteiger partial charge in [-0.25, -0.2) is 4.68 Å². The number of hydrogen-bond acceptors (Lipinski definition) is 5. The average Bonchev–Trinajstić information content (AvgIpc) is 2.69. The van der Waals surface area contributed by atoms with Crippen molar-refractivity contribution in [3.05, 3.63) is 11.8 Å². The molecule has 0 bridgehead atoms. The van der Waals surface area contributed by atoms with Gasteiger partial charge in [0.25, 0.3) is 0 Å². The largest absolute Gasteiger partial charge is 0.481 e. The molecule has 1 aromatic rings. The molecule has 0 saturated carbocycles. The lowest BCUT2D eigenvalue weighted by Crippen LogP contribution is -2.55. The maximum Gasteiger partial charge on any atom is 0.214 e. The predicted molar refractivity (Wildman–Crippen MR) is 63.7 cm³/mol. The van der Waals surface area contributed by atoms with Crippen molar-refractivity contribution >= 4 is 0 Å². The van der Waals surface area contributed by atoms with E-state index in [0.717, 1.165) is 18.0 Å². The number of ether oxygens (including phenoxy) is 2. The molecule has 96 valence electrons. The summed E-state index contributed by atoms with van der Waals surface area (Å²) in [4.78, 5) is 0. The summed E-state index contributed by atoms with van der Waals surface area (Å²) < 4.78 is 12.5. The Morgan fingerprint density at radius 2 is 2.18 bits per heavy atom. The molecule has 0 amide bonds. The molecule has 1 aliphatic rings. The second kappa shape index (κ2) is 5.03. The van der Waals surface area contributed by atoms with Gasteiger partial charge in [-0.15, -0.1) is 0 Å². The zero-order valence-electron chi connectivity index (χ0n) is 10.7. The summed E-state index contributed by atoms with van der Waals surface area (Å²) in [6.07, 6.45) is 0.855. The second-order valence-corrected chi connectivity index (χ2v) is 4.37. The van der Waals surface area contributed by atoms with Crippen LogP contribution in [0.1, 0.15) is 25.3 Å². The van der Waals surface area contributed by atoms with E-state index in [1.807, 2.05) is 13.0 Å². The van der Waals surface area contributed by atoms with E-state index in [0.29, 0.717) is 6.04 Å². The first-order valence-electron chi connectivity index (χ1n) is 5.79. The molecule has 17 heavy (non-hydrogen) atoms. The normalized spacial score (nSPS) is 29.3. The van der Waals surface area contributed by atoms with E-state index in [2.05, 4.69) is 22.7 Å². The third kappa shape index (κ3) is 2.59. The van der Waals surface area contributed by atoms with Gasteiger partial charge in [-0.05, 0) is 13.8 Å². The van der Waals surface area contributed by atoms with E-state index in [-0.39, 0.29) is 12.5 Å². The first-order valence-corrected chi connectivity index (χ1v) is 5.79. The predicted octanol–water partition coefficient (Wildman–Crippen LogP) is 0.600. The van der Waals surface area contributed by atoms with Crippen LogP contribution in [0.25, 0.3) is 0 Å². The highest BCUT2D eigenvalue weighted by Crippen LogP contribution is 2.20. The van der Waals surface area contributed by atoms with Gasteiger partial charge in [-0.1, -0.05) is 0 Å². The van der Waals surface area contributed by atoms with E-state index in [1.54, 1.807) is 18.9 Å². The minimum Gasteiger partial charge on any atom is -0.481 e. The molecule has 0 aromatic carbocycles. The fraction of sp³-hybridized carbons (Fsp3) is 0.727. The van der Waals surface area contributed by atoms with Gasteiger partial charge in [0, 0.05) is 25.6 Å². The highest BCUT2D eigenvalue weighted by Gasteiger charge is 2.28. The topological polar surface area (TPSA) is 60.3 Å². The Labute approximate surface area is 101 Å². The summed E-state index contributed by atoms with van der Waals surface area (Å²) in [5.74, 6) is 0.733. The molecule has 3 atom stereocenters. The Hall–Kier alpha value is -1.11. The van der Waals surface area contributed by atoms with Crippen LogP contribution in [0.15, 0.2) is 6.07 Å². The third-order valence-electron chi connectivity index (χ3n) is 2.92. The lowest BCUT2D eigenvalue weighted by molar-refractivity contribution is 0.000171. The minimum absolute atomic E-state index is 0.0328. The number of nitrogens with zero attached hydrogens (tertiary/aromatic N) is 2. The number of aryl methyl sites for hydroxylation is 1.